The maximum atomic E-state index is 11.5. The second-order valence-electron chi connectivity index (χ2n) is 7.35. The molecule has 9 heteroatoms. The number of hydrogen-bond acceptors (Lipinski definition) is 8. The van der Waals surface area contributed by atoms with E-state index in [9.17, 15) is 4.79 Å². The zero-order chi connectivity index (χ0) is 22.5. The molecule has 9 nitrogen and oxygen atoms in total. The number of carbonyl (C=O) groups is 1. The van der Waals surface area contributed by atoms with Crippen LogP contribution in [0.25, 0.3) is 11.3 Å². The number of anilines is 3. The fraction of sp³-hybridized carbons (Fsp3) is 0.261. The van der Waals surface area contributed by atoms with Gasteiger partial charge in [0, 0.05) is 36.4 Å². The number of primary amides is 1. The Balaban J connectivity index is 1.51. The van der Waals surface area contributed by atoms with E-state index in [2.05, 4.69) is 15.3 Å². The number of carbonyl (C=O) groups excluding carboxylic acids is 1. The van der Waals surface area contributed by atoms with Gasteiger partial charge in [0.25, 0.3) is 5.91 Å². The van der Waals surface area contributed by atoms with Gasteiger partial charge in [0.15, 0.2) is 0 Å². The highest BCUT2D eigenvalue weighted by molar-refractivity contribution is 5.96. The number of nitrogens with two attached hydrogens (primary N) is 2. The highest BCUT2D eigenvalue weighted by Gasteiger charge is 2.17. The summed E-state index contributed by atoms with van der Waals surface area (Å²) < 4.78 is 16.6. The Kier molecular flexibility index (Phi) is 6.37. The lowest BCUT2D eigenvalue weighted by molar-refractivity contribution is 0.0259. The number of nitrogens with zero attached hydrogens (tertiary/aromatic N) is 2. The Bertz CT molecular complexity index is 1120. The summed E-state index contributed by atoms with van der Waals surface area (Å²) >= 11 is 0. The van der Waals surface area contributed by atoms with Gasteiger partial charge in [-0.05, 0) is 36.4 Å². The lowest BCUT2D eigenvalue weighted by Gasteiger charge is -2.24. The molecule has 5 N–H and O–H groups in total. The average Bonchev–Trinajstić information content (AvgIpc) is 2.81. The first-order valence-electron chi connectivity index (χ1n) is 10.3. The zero-order valence-corrected chi connectivity index (χ0v) is 17.7. The molecule has 0 bridgehead atoms. The summed E-state index contributed by atoms with van der Waals surface area (Å²) in [5.41, 5.74) is 14.7. The van der Waals surface area contributed by atoms with Gasteiger partial charge in [-0.3, -0.25) is 4.79 Å². The van der Waals surface area contributed by atoms with E-state index in [1.165, 1.54) is 7.11 Å². The number of aromatic nitrogens is 2. The van der Waals surface area contributed by atoms with Gasteiger partial charge >= 0.3 is 0 Å². The molecule has 0 atom stereocenters. The van der Waals surface area contributed by atoms with Crippen LogP contribution in [0.4, 0.5) is 17.3 Å². The number of ether oxygens (including phenoxy) is 3. The lowest BCUT2D eigenvalue weighted by Crippen LogP contribution is -2.26. The number of nitrogens with one attached hydrogen (secondary N) is 1. The van der Waals surface area contributed by atoms with E-state index in [0.29, 0.717) is 53.3 Å². The SMILES string of the molecule is COc1cc(Nc2nccc(-c3ccc(OC4CCOCC4)c(N)c3)n2)ccc1C(N)=O. The van der Waals surface area contributed by atoms with Gasteiger partial charge in [0.05, 0.1) is 37.3 Å². The molecule has 166 valence electrons. The summed E-state index contributed by atoms with van der Waals surface area (Å²) in [5, 5.41) is 3.11. The monoisotopic (exact) mass is 435 g/mol. The zero-order valence-electron chi connectivity index (χ0n) is 17.7. The quantitative estimate of drug-likeness (QED) is 0.482. The molecule has 2 aromatic carbocycles. The average molecular weight is 435 g/mol. The standard InChI is InChI=1S/C23H25N5O4/c1-30-21-13-15(3-4-17(21)22(25)29)27-23-26-9-6-19(28-23)14-2-5-20(18(24)12-14)32-16-7-10-31-11-8-16/h2-6,9,12-13,16H,7-8,10-11,24H2,1H3,(H2,25,29)(H,26,27,28). The van der Waals surface area contributed by atoms with Gasteiger partial charge in [-0.1, -0.05) is 0 Å². The highest BCUT2D eigenvalue weighted by Crippen LogP contribution is 2.30. The van der Waals surface area contributed by atoms with Crippen molar-refractivity contribution in [3.8, 4) is 22.8 Å². The minimum absolute atomic E-state index is 0.115. The normalized spacial score (nSPS) is 14.0. The molecule has 1 amide bonds. The first kappa shape index (κ1) is 21.4. The number of methoxy groups -OCH3 is 1. The van der Waals surface area contributed by atoms with E-state index in [1.54, 1.807) is 30.5 Å². The molecule has 0 saturated carbocycles. The molecule has 4 rings (SSSR count). The number of amides is 1. The minimum Gasteiger partial charge on any atom is -0.496 e. The second kappa shape index (κ2) is 9.52. The maximum Gasteiger partial charge on any atom is 0.252 e. The van der Waals surface area contributed by atoms with Crippen molar-refractivity contribution >= 4 is 23.2 Å². The second-order valence-corrected chi connectivity index (χ2v) is 7.35. The molecule has 3 aromatic rings. The Morgan fingerprint density at radius 1 is 1.12 bits per heavy atom. The minimum atomic E-state index is -0.562. The smallest absolute Gasteiger partial charge is 0.252 e. The summed E-state index contributed by atoms with van der Waals surface area (Å²) in [6, 6.07) is 12.4. The lowest BCUT2D eigenvalue weighted by atomic mass is 10.1. The van der Waals surface area contributed by atoms with E-state index in [0.717, 1.165) is 18.4 Å². The fourth-order valence-corrected chi connectivity index (χ4v) is 3.47. The Morgan fingerprint density at radius 2 is 1.94 bits per heavy atom. The number of nitrogen functional groups attached to an aromatic ring is 1. The Labute approximate surface area is 185 Å². The molecule has 0 unspecified atom stereocenters. The summed E-state index contributed by atoms with van der Waals surface area (Å²) in [7, 11) is 1.47. The molecule has 32 heavy (non-hydrogen) atoms. The Hall–Kier alpha value is -3.85. The van der Waals surface area contributed by atoms with Crippen LogP contribution in [-0.2, 0) is 4.74 Å². The predicted molar refractivity (Wildman–Crippen MR) is 121 cm³/mol. The van der Waals surface area contributed by atoms with Crippen molar-refractivity contribution in [2.75, 3.05) is 31.4 Å². The van der Waals surface area contributed by atoms with Gasteiger partial charge in [0.1, 0.15) is 17.6 Å². The van der Waals surface area contributed by atoms with Gasteiger partial charge in [-0.25, -0.2) is 9.97 Å². The molecule has 0 radical (unpaired) electrons. The summed E-state index contributed by atoms with van der Waals surface area (Å²) in [6.07, 6.45) is 3.48. The summed E-state index contributed by atoms with van der Waals surface area (Å²) in [5.74, 6) is 0.854. The number of hydrogen-bond donors (Lipinski definition) is 3. The number of benzene rings is 2. The third kappa shape index (κ3) is 4.89. The van der Waals surface area contributed by atoms with E-state index in [4.69, 9.17) is 25.7 Å². The molecule has 0 spiro atoms. The van der Waals surface area contributed by atoms with Crippen LogP contribution in [0.15, 0.2) is 48.7 Å². The van der Waals surface area contributed by atoms with Crippen molar-refractivity contribution in [2.24, 2.45) is 5.73 Å². The molecule has 1 aliphatic rings. The van der Waals surface area contributed by atoms with Crippen LogP contribution in [0.1, 0.15) is 23.2 Å². The van der Waals surface area contributed by atoms with E-state index >= 15 is 0 Å². The number of rotatable bonds is 7. The van der Waals surface area contributed by atoms with Crippen LogP contribution in [0, 0.1) is 0 Å². The van der Waals surface area contributed by atoms with Gasteiger partial charge in [0.2, 0.25) is 5.95 Å². The van der Waals surface area contributed by atoms with Gasteiger partial charge in [-0.2, -0.15) is 0 Å². The van der Waals surface area contributed by atoms with Crippen molar-refractivity contribution in [1.82, 2.24) is 9.97 Å². The molecular weight excluding hydrogens is 410 g/mol. The summed E-state index contributed by atoms with van der Waals surface area (Å²) in [6.45, 7) is 1.41. The van der Waals surface area contributed by atoms with Crippen LogP contribution in [0.3, 0.4) is 0 Å². The molecule has 1 saturated heterocycles. The van der Waals surface area contributed by atoms with Crippen molar-refractivity contribution in [1.29, 1.82) is 0 Å². The van der Waals surface area contributed by atoms with Crippen molar-refractivity contribution < 1.29 is 19.0 Å². The van der Waals surface area contributed by atoms with Gasteiger partial charge in [-0.15, -0.1) is 0 Å². The van der Waals surface area contributed by atoms with Crippen molar-refractivity contribution in [3.05, 3.63) is 54.2 Å². The van der Waals surface area contributed by atoms with E-state index < -0.39 is 5.91 Å². The van der Waals surface area contributed by atoms with Crippen molar-refractivity contribution in [3.63, 3.8) is 0 Å². The molecule has 1 aromatic heterocycles. The van der Waals surface area contributed by atoms with Crippen LogP contribution < -0.4 is 26.3 Å². The van der Waals surface area contributed by atoms with Crippen LogP contribution >= 0.6 is 0 Å². The summed E-state index contributed by atoms with van der Waals surface area (Å²) in [4.78, 5) is 20.3. The van der Waals surface area contributed by atoms with Gasteiger partial charge < -0.3 is 31.0 Å². The first-order valence-corrected chi connectivity index (χ1v) is 10.3. The van der Waals surface area contributed by atoms with Crippen molar-refractivity contribution in [2.45, 2.75) is 18.9 Å². The Morgan fingerprint density at radius 3 is 2.66 bits per heavy atom. The molecule has 0 aliphatic carbocycles. The largest absolute Gasteiger partial charge is 0.496 e. The van der Waals surface area contributed by atoms with E-state index in [1.807, 2.05) is 18.2 Å². The molecular formula is C23H25N5O4. The fourth-order valence-electron chi connectivity index (χ4n) is 3.47. The third-order valence-corrected chi connectivity index (χ3v) is 5.15. The predicted octanol–water partition coefficient (Wildman–Crippen LogP) is 3.13. The third-order valence-electron chi connectivity index (χ3n) is 5.15. The van der Waals surface area contributed by atoms with Crippen LogP contribution in [0.2, 0.25) is 0 Å². The van der Waals surface area contributed by atoms with E-state index in [-0.39, 0.29) is 6.10 Å². The molecule has 1 aliphatic heterocycles. The topological polar surface area (TPSA) is 135 Å². The van der Waals surface area contributed by atoms with Crippen LogP contribution in [-0.4, -0.2) is 42.3 Å². The molecule has 2 heterocycles. The highest BCUT2D eigenvalue weighted by atomic mass is 16.5. The van der Waals surface area contributed by atoms with Crippen LogP contribution in [0.5, 0.6) is 11.5 Å². The molecule has 1 fully saturated rings. The maximum absolute atomic E-state index is 11.5. The first-order chi connectivity index (χ1) is 15.5.